The highest BCUT2D eigenvalue weighted by atomic mass is 16.2. The van der Waals surface area contributed by atoms with Gasteiger partial charge in [0.25, 0.3) is 5.91 Å². The van der Waals surface area contributed by atoms with Crippen LogP contribution in [0.25, 0.3) is 0 Å². The van der Waals surface area contributed by atoms with Crippen LogP contribution in [0, 0.1) is 11.8 Å². The minimum atomic E-state index is -0.277. The molecule has 0 spiro atoms. The fourth-order valence-electron chi connectivity index (χ4n) is 5.02. The van der Waals surface area contributed by atoms with Crippen LogP contribution in [-0.4, -0.2) is 52.7 Å². The van der Waals surface area contributed by atoms with Crippen molar-refractivity contribution in [3.05, 3.63) is 35.4 Å². The summed E-state index contributed by atoms with van der Waals surface area (Å²) in [6, 6.07) is 7.37. The lowest BCUT2D eigenvalue weighted by molar-refractivity contribution is -0.154. The van der Waals surface area contributed by atoms with Gasteiger partial charge in [0.05, 0.1) is 0 Å². The smallest absolute Gasteiger partial charge is 0.251 e. The van der Waals surface area contributed by atoms with Crippen LogP contribution < -0.4 is 5.32 Å². The predicted octanol–water partition coefficient (Wildman–Crippen LogP) is 2.57. The molecule has 0 radical (unpaired) electrons. The van der Waals surface area contributed by atoms with E-state index in [1.54, 1.807) is 9.80 Å². The molecule has 156 valence electrons. The topological polar surface area (TPSA) is 69.7 Å². The number of nitrogens with zero attached hydrogens (tertiary/aromatic N) is 2. The highest BCUT2D eigenvalue weighted by Crippen LogP contribution is 2.29. The maximum Gasteiger partial charge on any atom is 0.251 e. The summed E-state index contributed by atoms with van der Waals surface area (Å²) in [4.78, 5) is 41.0. The molecule has 4 rings (SSSR count). The van der Waals surface area contributed by atoms with E-state index in [-0.39, 0.29) is 36.3 Å². The zero-order valence-corrected chi connectivity index (χ0v) is 17.4. The molecule has 0 aromatic heterocycles. The second-order valence-corrected chi connectivity index (χ2v) is 8.98. The Hall–Kier alpha value is -2.37. The number of amides is 3. The minimum absolute atomic E-state index is 0.0340. The summed E-state index contributed by atoms with van der Waals surface area (Å²) in [5.41, 5.74) is 1.58. The van der Waals surface area contributed by atoms with E-state index in [0.29, 0.717) is 30.5 Å². The largest absolute Gasteiger partial charge is 0.349 e. The summed E-state index contributed by atoms with van der Waals surface area (Å²) in [6.07, 6.45) is 5.10. The van der Waals surface area contributed by atoms with Gasteiger partial charge in [0, 0.05) is 24.7 Å². The second-order valence-electron chi connectivity index (χ2n) is 8.98. The summed E-state index contributed by atoms with van der Waals surface area (Å²) in [5.74, 6) is 1.18. The third-order valence-corrected chi connectivity index (χ3v) is 7.11. The summed E-state index contributed by atoms with van der Waals surface area (Å²) in [7, 11) is 0. The highest BCUT2D eigenvalue weighted by Gasteiger charge is 2.41. The highest BCUT2D eigenvalue weighted by molar-refractivity contribution is 5.95. The van der Waals surface area contributed by atoms with Crippen molar-refractivity contribution in [3.63, 3.8) is 0 Å². The Bertz CT molecular complexity index is 791. The van der Waals surface area contributed by atoms with Crippen LogP contribution in [0.3, 0.4) is 0 Å². The Balaban J connectivity index is 1.37. The van der Waals surface area contributed by atoms with Gasteiger partial charge in [0.2, 0.25) is 11.8 Å². The molecule has 6 heteroatoms. The van der Waals surface area contributed by atoms with Gasteiger partial charge in [0.1, 0.15) is 12.6 Å². The Morgan fingerprint density at radius 3 is 2.59 bits per heavy atom. The van der Waals surface area contributed by atoms with Crippen LogP contribution in [0.1, 0.15) is 61.9 Å². The minimum Gasteiger partial charge on any atom is -0.349 e. The maximum absolute atomic E-state index is 12.7. The van der Waals surface area contributed by atoms with Crippen molar-refractivity contribution in [1.29, 1.82) is 0 Å². The normalized spacial score (nSPS) is 29.7. The Labute approximate surface area is 172 Å². The Morgan fingerprint density at radius 2 is 1.83 bits per heavy atom. The van der Waals surface area contributed by atoms with Gasteiger partial charge in [-0.1, -0.05) is 38.8 Å². The molecule has 1 N–H and O–H groups in total. The first-order valence-corrected chi connectivity index (χ1v) is 10.9. The van der Waals surface area contributed by atoms with Gasteiger partial charge in [-0.2, -0.15) is 0 Å². The van der Waals surface area contributed by atoms with Crippen LogP contribution >= 0.6 is 0 Å². The lowest BCUT2D eigenvalue weighted by Crippen LogP contribution is -2.56. The molecule has 1 saturated carbocycles. The number of benzene rings is 1. The third kappa shape index (κ3) is 4.02. The molecule has 1 aromatic carbocycles. The van der Waals surface area contributed by atoms with Crippen LogP contribution in [-0.2, 0) is 16.1 Å². The number of carbonyl (C=O) groups is 3. The quantitative estimate of drug-likeness (QED) is 0.849. The Morgan fingerprint density at radius 1 is 1.07 bits per heavy atom. The summed E-state index contributed by atoms with van der Waals surface area (Å²) >= 11 is 0. The van der Waals surface area contributed by atoms with Gasteiger partial charge < -0.3 is 15.1 Å². The van der Waals surface area contributed by atoms with Crippen LogP contribution in [0.5, 0.6) is 0 Å². The molecule has 3 amide bonds. The van der Waals surface area contributed by atoms with E-state index in [1.165, 1.54) is 6.42 Å². The first-order chi connectivity index (χ1) is 13.9. The van der Waals surface area contributed by atoms with Gasteiger partial charge in [-0.15, -0.1) is 0 Å². The number of rotatable bonds is 4. The summed E-state index contributed by atoms with van der Waals surface area (Å²) in [5, 5.41) is 3.20. The van der Waals surface area contributed by atoms with Crippen molar-refractivity contribution in [1.82, 2.24) is 15.1 Å². The van der Waals surface area contributed by atoms with E-state index < -0.39 is 0 Å². The van der Waals surface area contributed by atoms with E-state index in [4.69, 9.17) is 0 Å². The molecule has 4 atom stereocenters. The van der Waals surface area contributed by atoms with Gasteiger partial charge in [-0.3, -0.25) is 14.4 Å². The number of fused-ring (bicyclic) bond motifs is 1. The summed E-state index contributed by atoms with van der Waals surface area (Å²) in [6.45, 7) is 5.74. The molecule has 29 heavy (non-hydrogen) atoms. The van der Waals surface area contributed by atoms with E-state index in [0.717, 1.165) is 31.2 Å². The average molecular weight is 398 g/mol. The number of nitrogens with one attached hydrogen (secondary N) is 1. The molecular weight excluding hydrogens is 366 g/mol. The molecule has 0 bridgehead atoms. The van der Waals surface area contributed by atoms with Crippen molar-refractivity contribution < 1.29 is 14.4 Å². The second kappa shape index (κ2) is 8.17. The van der Waals surface area contributed by atoms with Crippen molar-refractivity contribution in [3.8, 4) is 0 Å². The molecule has 0 unspecified atom stereocenters. The number of piperazine rings is 1. The molecule has 6 nitrogen and oxygen atoms in total. The zero-order valence-electron chi connectivity index (χ0n) is 17.4. The lowest BCUT2D eigenvalue weighted by atomic mass is 9.78. The monoisotopic (exact) mass is 397 g/mol. The summed E-state index contributed by atoms with van der Waals surface area (Å²) < 4.78 is 0. The maximum atomic E-state index is 12.7. The lowest BCUT2D eigenvalue weighted by Gasteiger charge is -2.36. The zero-order chi connectivity index (χ0) is 20.5. The molecule has 3 aliphatic rings. The van der Waals surface area contributed by atoms with Crippen molar-refractivity contribution in [2.24, 2.45) is 11.8 Å². The van der Waals surface area contributed by atoms with Gasteiger partial charge in [-0.25, -0.2) is 0 Å². The van der Waals surface area contributed by atoms with Crippen LogP contribution in [0.15, 0.2) is 24.3 Å². The fourth-order valence-corrected chi connectivity index (χ4v) is 5.02. The molecule has 2 heterocycles. The first kappa shape index (κ1) is 19.9. The first-order valence-electron chi connectivity index (χ1n) is 10.9. The number of carbonyl (C=O) groups excluding carboxylic acids is 3. The van der Waals surface area contributed by atoms with Crippen LogP contribution in [0.4, 0.5) is 0 Å². The molecular formula is C23H31N3O3. The molecule has 2 aliphatic heterocycles. The number of hydrogen-bond acceptors (Lipinski definition) is 3. The predicted molar refractivity (Wildman–Crippen MR) is 110 cm³/mol. The van der Waals surface area contributed by atoms with E-state index in [9.17, 15) is 14.4 Å². The standard InChI is InChI=1S/C23H31N3O3/c1-15-5-3-6-19(16(15)2)24-22(28)18-10-8-17(9-11-18)13-25-14-21(27)26-12-4-7-20(26)23(25)29/h8-11,15-16,19-20H,3-7,12-14H2,1-2H3,(H,24,28)/t15-,16-,19+,20+/m1/s1. The van der Waals surface area contributed by atoms with Gasteiger partial charge in [0.15, 0.2) is 0 Å². The molecule has 3 fully saturated rings. The molecule has 2 saturated heterocycles. The molecule has 1 aliphatic carbocycles. The van der Waals surface area contributed by atoms with Crippen molar-refractivity contribution >= 4 is 17.7 Å². The van der Waals surface area contributed by atoms with Crippen molar-refractivity contribution in [2.75, 3.05) is 13.1 Å². The van der Waals surface area contributed by atoms with Crippen molar-refractivity contribution in [2.45, 2.75) is 64.6 Å². The number of hydrogen-bond donors (Lipinski definition) is 1. The van der Waals surface area contributed by atoms with E-state index in [1.807, 2.05) is 24.3 Å². The molecule has 1 aromatic rings. The van der Waals surface area contributed by atoms with E-state index >= 15 is 0 Å². The SMILES string of the molecule is C[C@@H]1[C@H](C)CCC[C@@H]1NC(=O)c1ccc(CN2CC(=O)N3CCC[C@H]3C2=O)cc1. The average Bonchev–Trinajstić information content (AvgIpc) is 3.21. The Kier molecular flexibility index (Phi) is 5.61. The third-order valence-electron chi connectivity index (χ3n) is 7.11. The van der Waals surface area contributed by atoms with Crippen LogP contribution in [0.2, 0.25) is 0 Å². The fraction of sp³-hybridized carbons (Fsp3) is 0.609. The van der Waals surface area contributed by atoms with Gasteiger partial charge >= 0.3 is 0 Å². The van der Waals surface area contributed by atoms with Gasteiger partial charge in [-0.05, 0) is 48.8 Å². The van der Waals surface area contributed by atoms with E-state index in [2.05, 4.69) is 19.2 Å².